The molecule has 212 valence electrons. The summed E-state index contributed by atoms with van der Waals surface area (Å²) in [6.07, 6.45) is 10.1. The summed E-state index contributed by atoms with van der Waals surface area (Å²) in [6.45, 7) is 4.67. The van der Waals surface area contributed by atoms with Crippen molar-refractivity contribution in [3.05, 3.63) is 52.4 Å². The van der Waals surface area contributed by atoms with E-state index in [0.29, 0.717) is 32.6 Å². The van der Waals surface area contributed by atoms with Gasteiger partial charge >= 0.3 is 0 Å². The zero-order chi connectivity index (χ0) is 27.4. The maximum Gasteiger partial charge on any atom is 0.266 e. The Morgan fingerprint density at radius 3 is 2.38 bits per heavy atom. The van der Waals surface area contributed by atoms with Crippen LogP contribution in [-0.4, -0.2) is 63.2 Å². The summed E-state index contributed by atoms with van der Waals surface area (Å²) in [7, 11) is 0. The van der Waals surface area contributed by atoms with E-state index in [0.717, 1.165) is 68.5 Å². The minimum absolute atomic E-state index is 0.0390. The highest BCUT2D eigenvalue weighted by Gasteiger charge is 2.53. The quantitative estimate of drug-likeness (QED) is 0.198. The first-order valence-corrected chi connectivity index (χ1v) is 16.3. The fourth-order valence-electron chi connectivity index (χ4n) is 8.13. The zero-order valence-corrected chi connectivity index (χ0v) is 25.0. The third-order valence-corrected chi connectivity index (χ3v) is 11.4. The molecule has 2 saturated heterocycles. The summed E-state index contributed by atoms with van der Waals surface area (Å²) < 4.78 is 22.5. The molecule has 0 spiro atoms. The summed E-state index contributed by atoms with van der Waals surface area (Å²) in [4.78, 5) is 18.9. The molecule has 3 heterocycles. The second-order valence-electron chi connectivity index (χ2n) is 12.3. The number of carbonyl (C=O) groups is 1. The molecule has 40 heavy (non-hydrogen) atoms. The predicted octanol–water partition coefficient (Wildman–Crippen LogP) is 6.82. The zero-order valence-electron chi connectivity index (χ0n) is 22.6. The molecule has 6 fully saturated rings. The molecule has 0 unspecified atom stereocenters. The van der Waals surface area contributed by atoms with Gasteiger partial charge in [-0.1, -0.05) is 24.0 Å². The van der Waals surface area contributed by atoms with Crippen LogP contribution in [0.3, 0.4) is 0 Å². The monoisotopic (exact) mass is 599 g/mol. The van der Waals surface area contributed by atoms with Crippen LogP contribution >= 0.6 is 35.8 Å². The molecule has 6 aliphatic rings. The molecular formula is C31H35ClFN3O2S2. The van der Waals surface area contributed by atoms with Gasteiger partial charge in [0, 0.05) is 43.9 Å². The molecule has 0 radical (unpaired) electrons. The summed E-state index contributed by atoms with van der Waals surface area (Å²) in [5, 5.41) is 0. The molecule has 4 saturated carbocycles. The van der Waals surface area contributed by atoms with E-state index in [-0.39, 0.29) is 17.8 Å². The first-order chi connectivity index (χ1) is 19.4. The van der Waals surface area contributed by atoms with Crippen molar-refractivity contribution in [1.29, 1.82) is 0 Å². The molecule has 2 aliphatic heterocycles. The Balaban J connectivity index is 1.12. The second kappa shape index (κ2) is 11.2. The van der Waals surface area contributed by atoms with Crippen LogP contribution < -0.4 is 0 Å². The number of rotatable bonds is 7. The van der Waals surface area contributed by atoms with E-state index >= 15 is 0 Å². The molecule has 1 aromatic carbocycles. The fraction of sp³-hybridized carbons (Fsp3) is 0.548. The van der Waals surface area contributed by atoms with Gasteiger partial charge in [-0.2, -0.15) is 0 Å². The Bertz CT molecular complexity index is 1290. The van der Waals surface area contributed by atoms with Gasteiger partial charge in [-0.25, -0.2) is 8.81 Å². The number of carbonyl (C=O) groups excluding carboxylic acids is 1. The lowest BCUT2D eigenvalue weighted by Gasteiger charge is -2.56. The SMILES string of the molecule is O=C1/C(=C/c2oc(-c3ccc(F)cc3)cc2CCCN2CCN(Cl)CC2)SC(=S)N1C1C2CC3CC(C2)CC1C3. The summed E-state index contributed by atoms with van der Waals surface area (Å²) in [6, 6.07) is 8.67. The molecule has 8 rings (SSSR count). The van der Waals surface area contributed by atoms with E-state index < -0.39 is 0 Å². The number of thiocarbonyl (C=S) groups is 1. The number of benzene rings is 1. The van der Waals surface area contributed by atoms with Crippen molar-refractivity contribution in [2.75, 3.05) is 32.7 Å². The number of hydrogen-bond acceptors (Lipinski definition) is 6. The summed E-state index contributed by atoms with van der Waals surface area (Å²) in [5.41, 5.74) is 1.89. The summed E-state index contributed by atoms with van der Waals surface area (Å²) in [5.74, 6) is 4.03. The Labute approximate surface area is 250 Å². The van der Waals surface area contributed by atoms with Gasteiger partial charge in [0.2, 0.25) is 0 Å². The highest BCUT2D eigenvalue weighted by Crippen LogP contribution is 2.56. The molecule has 5 nitrogen and oxygen atoms in total. The van der Waals surface area contributed by atoms with E-state index in [4.69, 9.17) is 28.4 Å². The van der Waals surface area contributed by atoms with Crippen LogP contribution in [0.4, 0.5) is 4.39 Å². The smallest absolute Gasteiger partial charge is 0.266 e. The number of amides is 1. The van der Waals surface area contributed by atoms with Crippen molar-refractivity contribution in [3.8, 4) is 11.3 Å². The number of piperazine rings is 1. The molecule has 4 bridgehead atoms. The van der Waals surface area contributed by atoms with Crippen LogP contribution in [0.5, 0.6) is 0 Å². The van der Waals surface area contributed by atoms with Gasteiger partial charge < -0.3 is 9.32 Å². The van der Waals surface area contributed by atoms with Crippen LogP contribution in [0.15, 0.2) is 39.7 Å². The molecular weight excluding hydrogens is 565 g/mol. The predicted molar refractivity (Wildman–Crippen MR) is 162 cm³/mol. The summed E-state index contributed by atoms with van der Waals surface area (Å²) >= 11 is 13.4. The number of furan rings is 1. The van der Waals surface area contributed by atoms with Crippen LogP contribution in [0.2, 0.25) is 0 Å². The Morgan fingerprint density at radius 1 is 1.02 bits per heavy atom. The van der Waals surface area contributed by atoms with Crippen LogP contribution in [0, 0.1) is 29.5 Å². The number of nitrogens with zero attached hydrogens (tertiary/aromatic N) is 3. The molecule has 0 N–H and O–H groups in total. The molecule has 2 aromatic rings. The Kier molecular flexibility index (Phi) is 7.58. The third-order valence-electron chi connectivity index (χ3n) is 9.77. The largest absolute Gasteiger partial charge is 0.456 e. The molecule has 1 amide bonds. The Hall–Kier alpha value is -1.71. The van der Waals surface area contributed by atoms with Gasteiger partial charge in [0.05, 0.1) is 4.91 Å². The first kappa shape index (κ1) is 27.1. The number of thioether (sulfide) groups is 1. The molecule has 9 heteroatoms. The normalized spacial score (nSPS) is 31.7. The minimum atomic E-state index is -0.277. The average Bonchev–Trinajstić information content (AvgIpc) is 3.45. The number of aryl methyl sites for hydroxylation is 1. The topological polar surface area (TPSA) is 39.9 Å². The van der Waals surface area contributed by atoms with Gasteiger partial charge in [-0.15, -0.1) is 0 Å². The van der Waals surface area contributed by atoms with Crippen molar-refractivity contribution in [1.82, 2.24) is 14.2 Å². The van der Waals surface area contributed by atoms with E-state index in [1.165, 1.54) is 56.0 Å². The van der Waals surface area contributed by atoms with Gasteiger partial charge in [0.15, 0.2) is 0 Å². The lowest BCUT2D eigenvalue weighted by atomic mass is 9.54. The van der Waals surface area contributed by atoms with Gasteiger partial charge in [0.25, 0.3) is 5.91 Å². The Morgan fingerprint density at radius 2 is 1.70 bits per heavy atom. The van der Waals surface area contributed by atoms with Crippen molar-refractivity contribution in [3.63, 3.8) is 0 Å². The van der Waals surface area contributed by atoms with E-state index in [1.807, 2.05) is 21.5 Å². The maximum atomic E-state index is 13.9. The van der Waals surface area contributed by atoms with Crippen molar-refractivity contribution < 1.29 is 13.6 Å². The number of halogens is 2. The highest BCUT2D eigenvalue weighted by molar-refractivity contribution is 8.26. The maximum absolute atomic E-state index is 13.9. The van der Waals surface area contributed by atoms with E-state index in [9.17, 15) is 9.18 Å². The van der Waals surface area contributed by atoms with E-state index in [1.54, 1.807) is 12.1 Å². The fourth-order valence-corrected chi connectivity index (χ4v) is 9.60. The van der Waals surface area contributed by atoms with Gasteiger partial charge in [0.1, 0.15) is 21.7 Å². The average molecular weight is 600 g/mol. The van der Waals surface area contributed by atoms with Crippen LogP contribution in [0.1, 0.15) is 49.8 Å². The lowest BCUT2D eigenvalue weighted by Crippen LogP contribution is -2.57. The molecule has 4 aliphatic carbocycles. The standard InChI is InChI=1S/C31H35ClFN3O2S2/c32-35-10-8-34(9-11-35)7-1-2-22-17-26(21-3-5-25(33)6-4-21)38-27(22)18-28-30(37)36(31(39)40-28)29-23-13-19-12-20(15-23)16-24(29)14-19/h3-6,17-20,23-24,29H,1-2,7-16H2/b28-18-. The van der Waals surface area contributed by atoms with Crippen molar-refractivity contribution in [2.45, 2.75) is 51.0 Å². The van der Waals surface area contributed by atoms with Crippen molar-refractivity contribution in [2.24, 2.45) is 23.7 Å². The minimum Gasteiger partial charge on any atom is -0.456 e. The van der Waals surface area contributed by atoms with E-state index in [2.05, 4.69) is 4.90 Å². The van der Waals surface area contributed by atoms with Crippen molar-refractivity contribution >= 4 is 52.1 Å². The first-order valence-electron chi connectivity index (χ1n) is 14.7. The third kappa shape index (κ3) is 5.31. The van der Waals surface area contributed by atoms with Crippen LogP contribution in [0.25, 0.3) is 17.4 Å². The second-order valence-corrected chi connectivity index (χ2v) is 14.5. The van der Waals surface area contributed by atoms with Crippen LogP contribution in [-0.2, 0) is 11.2 Å². The number of hydrogen-bond donors (Lipinski definition) is 0. The molecule has 0 atom stereocenters. The van der Waals surface area contributed by atoms with Gasteiger partial charge in [-0.3, -0.25) is 9.69 Å². The van der Waals surface area contributed by atoms with Gasteiger partial charge in [-0.05, 0) is 123 Å². The highest BCUT2D eigenvalue weighted by atomic mass is 35.5. The lowest BCUT2D eigenvalue weighted by molar-refractivity contribution is -0.130. The molecule has 1 aromatic heterocycles.